The summed E-state index contributed by atoms with van der Waals surface area (Å²) in [4.78, 5) is 13.1. The maximum absolute atomic E-state index is 13.1. The maximum atomic E-state index is 13.1. The number of hydrogen-bond donors (Lipinski definition) is 1. The summed E-state index contributed by atoms with van der Waals surface area (Å²) >= 11 is 6.27. The van der Waals surface area contributed by atoms with Crippen LogP contribution in [0.25, 0.3) is 16.9 Å². The highest BCUT2D eigenvalue weighted by atomic mass is 35.5. The fourth-order valence-electron chi connectivity index (χ4n) is 4.30. The SMILES string of the molecule is CCCC=C(CCNC(=O)c1cc(-c2cccc3c2OCCO3)oc1CC)c1cc(Cl)ccc1C. The first-order valence-corrected chi connectivity index (χ1v) is 12.6. The first kappa shape index (κ1) is 24.9. The van der Waals surface area contributed by atoms with Gasteiger partial charge < -0.3 is 19.2 Å². The van der Waals surface area contributed by atoms with Crippen LogP contribution in [0.2, 0.25) is 5.02 Å². The van der Waals surface area contributed by atoms with E-state index in [1.807, 2.05) is 43.3 Å². The highest BCUT2D eigenvalue weighted by Crippen LogP contribution is 2.41. The van der Waals surface area contributed by atoms with E-state index in [4.69, 9.17) is 25.5 Å². The van der Waals surface area contributed by atoms with Crippen LogP contribution in [0.3, 0.4) is 0 Å². The second-order valence-electron chi connectivity index (χ2n) is 8.61. The molecular weight excluding hydrogens is 462 g/mol. The molecule has 0 radical (unpaired) electrons. The van der Waals surface area contributed by atoms with E-state index in [0.29, 0.717) is 59.8 Å². The summed E-state index contributed by atoms with van der Waals surface area (Å²) in [5, 5.41) is 3.80. The number of rotatable bonds is 9. The number of carbonyl (C=O) groups is 1. The van der Waals surface area contributed by atoms with E-state index < -0.39 is 0 Å². The van der Waals surface area contributed by atoms with Gasteiger partial charge in [0.2, 0.25) is 0 Å². The van der Waals surface area contributed by atoms with Crippen LogP contribution in [-0.4, -0.2) is 25.7 Å². The van der Waals surface area contributed by atoms with Crippen LogP contribution in [0.15, 0.2) is 53.0 Å². The van der Waals surface area contributed by atoms with Gasteiger partial charge in [-0.1, -0.05) is 50.1 Å². The van der Waals surface area contributed by atoms with Crippen molar-refractivity contribution in [1.29, 1.82) is 0 Å². The monoisotopic (exact) mass is 493 g/mol. The van der Waals surface area contributed by atoms with Crippen LogP contribution in [0.4, 0.5) is 0 Å². The Morgan fingerprint density at radius 1 is 1.09 bits per heavy atom. The number of carbonyl (C=O) groups excluding carboxylic acids is 1. The third kappa shape index (κ3) is 5.73. The fourth-order valence-corrected chi connectivity index (χ4v) is 4.47. The van der Waals surface area contributed by atoms with Crippen LogP contribution in [0.5, 0.6) is 11.5 Å². The van der Waals surface area contributed by atoms with Gasteiger partial charge in [0.1, 0.15) is 24.7 Å². The number of allylic oxidation sites excluding steroid dienone is 1. The zero-order chi connectivity index (χ0) is 24.8. The largest absolute Gasteiger partial charge is 0.486 e. The topological polar surface area (TPSA) is 60.7 Å². The average Bonchev–Trinajstić information content (AvgIpc) is 3.31. The minimum absolute atomic E-state index is 0.142. The zero-order valence-electron chi connectivity index (χ0n) is 20.6. The summed E-state index contributed by atoms with van der Waals surface area (Å²) < 4.78 is 17.6. The molecular formula is C29H32ClNO4. The molecule has 35 heavy (non-hydrogen) atoms. The quantitative estimate of drug-likeness (QED) is 0.341. The Morgan fingerprint density at radius 2 is 1.91 bits per heavy atom. The Bertz CT molecular complexity index is 1230. The van der Waals surface area contributed by atoms with E-state index in [1.165, 1.54) is 11.1 Å². The second-order valence-corrected chi connectivity index (χ2v) is 9.05. The van der Waals surface area contributed by atoms with Gasteiger partial charge in [0.05, 0.1) is 11.1 Å². The molecule has 3 aromatic rings. The van der Waals surface area contributed by atoms with Crippen LogP contribution in [-0.2, 0) is 6.42 Å². The van der Waals surface area contributed by atoms with Gasteiger partial charge in [-0.05, 0) is 66.8 Å². The standard InChI is InChI=1S/C29H32ClNO4/c1-4-6-8-20(23-17-21(30)12-11-19(23)3)13-14-31-29(32)24-18-27(35-25(24)5-2)22-9-7-10-26-28(22)34-16-15-33-26/h7-12,17-18H,4-6,13-16H2,1-3H3,(H,31,32). The van der Waals surface area contributed by atoms with E-state index >= 15 is 0 Å². The second kappa shape index (κ2) is 11.5. The summed E-state index contributed by atoms with van der Waals surface area (Å²) in [7, 11) is 0. The van der Waals surface area contributed by atoms with E-state index in [1.54, 1.807) is 6.07 Å². The lowest BCUT2D eigenvalue weighted by Crippen LogP contribution is -2.25. The van der Waals surface area contributed by atoms with E-state index in [0.717, 1.165) is 30.4 Å². The number of unbranched alkanes of at least 4 members (excludes halogenated alkanes) is 1. The Morgan fingerprint density at radius 3 is 2.71 bits per heavy atom. The number of fused-ring (bicyclic) bond motifs is 1. The van der Waals surface area contributed by atoms with E-state index in [9.17, 15) is 4.79 Å². The van der Waals surface area contributed by atoms with Gasteiger partial charge in [-0.15, -0.1) is 0 Å². The minimum atomic E-state index is -0.142. The molecule has 0 atom stereocenters. The fraction of sp³-hybridized carbons (Fsp3) is 0.345. The number of para-hydroxylation sites is 1. The Hall–Kier alpha value is -3.18. The number of aryl methyl sites for hydroxylation is 2. The smallest absolute Gasteiger partial charge is 0.254 e. The summed E-state index contributed by atoms with van der Waals surface area (Å²) in [6.07, 6.45) is 5.62. The van der Waals surface area contributed by atoms with Gasteiger partial charge >= 0.3 is 0 Å². The van der Waals surface area contributed by atoms with Crippen molar-refractivity contribution in [3.05, 3.63) is 76.0 Å². The van der Waals surface area contributed by atoms with Crippen LogP contribution >= 0.6 is 11.6 Å². The molecule has 0 fully saturated rings. The molecule has 0 saturated heterocycles. The molecule has 0 spiro atoms. The Labute approximate surface area is 212 Å². The van der Waals surface area contributed by atoms with Crippen molar-refractivity contribution < 1.29 is 18.7 Å². The maximum Gasteiger partial charge on any atom is 0.254 e. The molecule has 0 saturated carbocycles. The average molecular weight is 494 g/mol. The number of furan rings is 1. The van der Waals surface area contributed by atoms with Gasteiger partial charge in [0, 0.05) is 18.0 Å². The summed E-state index contributed by atoms with van der Waals surface area (Å²) in [5.41, 5.74) is 4.85. The lowest BCUT2D eigenvalue weighted by Gasteiger charge is -2.20. The molecule has 0 bridgehead atoms. The third-order valence-corrected chi connectivity index (χ3v) is 6.35. The van der Waals surface area contributed by atoms with Crippen LogP contribution < -0.4 is 14.8 Å². The number of benzene rings is 2. The predicted molar refractivity (Wildman–Crippen MR) is 141 cm³/mol. The van der Waals surface area contributed by atoms with Crippen molar-refractivity contribution >= 4 is 23.1 Å². The van der Waals surface area contributed by atoms with Gasteiger partial charge in [-0.2, -0.15) is 0 Å². The minimum Gasteiger partial charge on any atom is -0.486 e. The Kier molecular flexibility index (Phi) is 8.19. The molecule has 1 amide bonds. The summed E-state index contributed by atoms with van der Waals surface area (Å²) in [6, 6.07) is 13.4. The Balaban J connectivity index is 1.50. The molecule has 0 aliphatic carbocycles. The van der Waals surface area contributed by atoms with Crippen molar-refractivity contribution in [3.63, 3.8) is 0 Å². The van der Waals surface area contributed by atoms with Crippen molar-refractivity contribution in [2.24, 2.45) is 0 Å². The molecule has 184 valence electrons. The number of amides is 1. The first-order chi connectivity index (χ1) is 17.0. The van der Waals surface area contributed by atoms with Gasteiger partial charge in [0.25, 0.3) is 5.91 Å². The van der Waals surface area contributed by atoms with Gasteiger partial charge in [-0.3, -0.25) is 4.79 Å². The molecule has 1 N–H and O–H groups in total. The van der Waals surface area contributed by atoms with Crippen LogP contribution in [0.1, 0.15) is 60.4 Å². The molecule has 5 nitrogen and oxygen atoms in total. The number of ether oxygens (including phenoxy) is 2. The number of nitrogens with one attached hydrogen (secondary N) is 1. The first-order valence-electron chi connectivity index (χ1n) is 12.3. The highest BCUT2D eigenvalue weighted by molar-refractivity contribution is 6.30. The molecule has 0 unspecified atom stereocenters. The predicted octanol–water partition coefficient (Wildman–Crippen LogP) is 7.25. The molecule has 1 aromatic heterocycles. The van der Waals surface area contributed by atoms with Gasteiger partial charge in [0.15, 0.2) is 11.5 Å². The summed E-state index contributed by atoms with van der Waals surface area (Å²) in [5.74, 6) is 2.46. The molecule has 1 aliphatic heterocycles. The molecule has 4 rings (SSSR count). The molecule has 6 heteroatoms. The number of hydrogen-bond acceptors (Lipinski definition) is 4. The van der Waals surface area contributed by atoms with Crippen molar-refractivity contribution in [3.8, 4) is 22.8 Å². The van der Waals surface area contributed by atoms with Crippen LogP contribution in [0, 0.1) is 6.92 Å². The summed E-state index contributed by atoms with van der Waals surface area (Å²) in [6.45, 7) is 7.74. The van der Waals surface area contributed by atoms with Gasteiger partial charge in [-0.25, -0.2) is 0 Å². The molecule has 2 aromatic carbocycles. The van der Waals surface area contributed by atoms with Crippen molar-refractivity contribution in [2.45, 2.75) is 46.5 Å². The zero-order valence-corrected chi connectivity index (χ0v) is 21.3. The third-order valence-electron chi connectivity index (χ3n) is 6.11. The van der Waals surface area contributed by atoms with E-state index in [2.05, 4.69) is 25.2 Å². The number of halogens is 1. The van der Waals surface area contributed by atoms with Crippen molar-refractivity contribution in [2.75, 3.05) is 19.8 Å². The molecule has 2 heterocycles. The lowest BCUT2D eigenvalue weighted by molar-refractivity contribution is 0.0952. The molecule has 1 aliphatic rings. The van der Waals surface area contributed by atoms with E-state index in [-0.39, 0.29) is 5.91 Å². The van der Waals surface area contributed by atoms with Crippen molar-refractivity contribution in [1.82, 2.24) is 5.32 Å². The normalized spacial score (nSPS) is 13.1. The lowest BCUT2D eigenvalue weighted by atomic mass is 9.96. The highest BCUT2D eigenvalue weighted by Gasteiger charge is 2.23.